The first kappa shape index (κ1) is 18.6. The van der Waals surface area contributed by atoms with E-state index in [9.17, 15) is 10.2 Å². The van der Waals surface area contributed by atoms with E-state index in [4.69, 9.17) is 18.9 Å². The standard InChI is InChI=1S/C19H24O6/c1-22-14-9-8-13(17(20)18(14)21)7-5-6-12-10-15(23-2)19(25-4)16(11-12)24-3/h8-11,20-21H,5-7H2,1-4H3. The zero-order chi connectivity index (χ0) is 18.4. The molecule has 6 nitrogen and oxygen atoms in total. The van der Waals surface area contributed by atoms with Crippen molar-refractivity contribution < 1.29 is 29.2 Å². The number of hydrogen-bond donors (Lipinski definition) is 2. The number of rotatable bonds is 8. The lowest BCUT2D eigenvalue weighted by atomic mass is 10.0. The predicted octanol–water partition coefficient (Wildman–Crippen LogP) is 3.31. The SMILES string of the molecule is COc1ccc(CCCc2cc(OC)c(OC)c(OC)c2)c(O)c1O. The number of aryl methyl sites for hydroxylation is 2. The molecule has 0 bridgehead atoms. The smallest absolute Gasteiger partial charge is 0.203 e. The van der Waals surface area contributed by atoms with Crippen LogP contribution in [0.1, 0.15) is 17.5 Å². The van der Waals surface area contributed by atoms with Crippen molar-refractivity contribution in [3.63, 3.8) is 0 Å². The molecular weight excluding hydrogens is 324 g/mol. The quantitative estimate of drug-likeness (QED) is 0.713. The molecule has 0 unspecified atom stereocenters. The molecule has 0 aliphatic heterocycles. The molecule has 0 atom stereocenters. The number of aromatic hydroxyl groups is 2. The Morgan fingerprint density at radius 3 is 1.84 bits per heavy atom. The molecule has 2 aromatic rings. The molecule has 2 rings (SSSR count). The van der Waals surface area contributed by atoms with Crippen LogP contribution in [-0.2, 0) is 12.8 Å². The van der Waals surface area contributed by atoms with Crippen LogP contribution in [0.5, 0.6) is 34.5 Å². The van der Waals surface area contributed by atoms with E-state index in [1.807, 2.05) is 12.1 Å². The van der Waals surface area contributed by atoms with Crippen molar-refractivity contribution in [1.82, 2.24) is 0 Å². The number of hydrogen-bond acceptors (Lipinski definition) is 6. The van der Waals surface area contributed by atoms with Crippen LogP contribution in [-0.4, -0.2) is 38.7 Å². The Hall–Kier alpha value is -2.76. The van der Waals surface area contributed by atoms with Gasteiger partial charge in [0.1, 0.15) is 0 Å². The van der Waals surface area contributed by atoms with Gasteiger partial charge in [-0.2, -0.15) is 0 Å². The molecule has 0 fully saturated rings. The summed E-state index contributed by atoms with van der Waals surface area (Å²) < 4.78 is 21.0. The van der Waals surface area contributed by atoms with Crippen molar-refractivity contribution in [3.05, 3.63) is 35.4 Å². The van der Waals surface area contributed by atoms with Crippen LogP contribution in [0.4, 0.5) is 0 Å². The van der Waals surface area contributed by atoms with E-state index in [-0.39, 0.29) is 17.2 Å². The summed E-state index contributed by atoms with van der Waals surface area (Å²) in [6.45, 7) is 0. The summed E-state index contributed by atoms with van der Waals surface area (Å²) in [5, 5.41) is 19.9. The number of methoxy groups -OCH3 is 4. The van der Waals surface area contributed by atoms with Gasteiger partial charge in [-0.3, -0.25) is 0 Å². The van der Waals surface area contributed by atoms with Crippen LogP contribution in [0.3, 0.4) is 0 Å². The number of phenolic OH excluding ortho intramolecular Hbond substituents is 2. The van der Waals surface area contributed by atoms with Gasteiger partial charge in [-0.1, -0.05) is 6.07 Å². The van der Waals surface area contributed by atoms with Crippen molar-refractivity contribution >= 4 is 0 Å². The average molecular weight is 348 g/mol. The normalized spacial score (nSPS) is 10.4. The number of phenols is 2. The highest BCUT2D eigenvalue weighted by molar-refractivity contribution is 5.55. The van der Waals surface area contributed by atoms with Crippen molar-refractivity contribution in [2.75, 3.05) is 28.4 Å². The topological polar surface area (TPSA) is 77.4 Å². The van der Waals surface area contributed by atoms with Gasteiger partial charge in [0.05, 0.1) is 28.4 Å². The molecule has 0 aliphatic carbocycles. The third-order valence-electron chi connectivity index (χ3n) is 4.05. The predicted molar refractivity (Wildman–Crippen MR) is 94.4 cm³/mol. The summed E-state index contributed by atoms with van der Waals surface area (Å²) >= 11 is 0. The van der Waals surface area contributed by atoms with Crippen molar-refractivity contribution in [2.24, 2.45) is 0 Å². The molecule has 6 heteroatoms. The van der Waals surface area contributed by atoms with Gasteiger partial charge in [0.2, 0.25) is 11.5 Å². The molecule has 25 heavy (non-hydrogen) atoms. The zero-order valence-electron chi connectivity index (χ0n) is 15.0. The van der Waals surface area contributed by atoms with Crippen LogP contribution in [0.2, 0.25) is 0 Å². The Bertz CT molecular complexity index is 701. The maximum atomic E-state index is 10.1. The third kappa shape index (κ3) is 4.02. The summed E-state index contributed by atoms with van der Waals surface area (Å²) in [7, 11) is 6.18. The van der Waals surface area contributed by atoms with Crippen LogP contribution in [0.15, 0.2) is 24.3 Å². The van der Waals surface area contributed by atoms with Crippen LogP contribution < -0.4 is 18.9 Å². The van der Waals surface area contributed by atoms with Crippen LogP contribution >= 0.6 is 0 Å². The van der Waals surface area contributed by atoms with Crippen molar-refractivity contribution in [1.29, 1.82) is 0 Å². The maximum Gasteiger partial charge on any atom is 0.203 e. The molecule has 0 saturated carbocycles. The van der Waals surface area contributed by atoms with Crippen LogP contribution in [0.25, 0.3) is 0 Å². The Morgan fingerprint density at radius 1 is 0.720 bits per heavy atom. The zero-order valence-corrected chi connectivity index (χ0v) is 15.0. The van der Waals surface area contributed by atoms with Gasteiger partial charge in [0.15, 0.2) is 23.0 Å². The molecule has 136 valence electrons. The van der Waals surface area contributed by atoms with Crippen molar-refractivity contribution in [3.8, 4) is 34.5 Å². The summed E-state index contributed by atoms with van der Waals surface area (Å²) in [6.07, 6.45) is 2.14. The largest absolute Gasteiger partial charge is 0.504 e. The summed E-state index contributed by atoms with van der Waals surface area (Å²) in [4.78, 5) is 0. The lowest BCUT2D eigenvalue weighted by molar-refractivity contribution is 0.323. The molecule has 0 aliphatic rings. The highest BCUT2D eigenvalue weighted by Crippen LogP contribution is 2.40. The van der Waals surface area contributed by atoms with E-state index in [1.165, 1.54) is 7.11 Å². The maximum absolute atomic E-state index is 10.1. The first-order valence-corrected chi connectivity index (χ1v) is 7.92. The summed E-state index contributed by atoms with van der Waals surface area (Å²) in [6, 6.07) is 7.21. The molecule has 0 spiro atoms. The van der Waals surface area contributed by atoms with Gasteiger partial charge in [0, 0.05) is 0 Å². The lowest BCUT2D eigenvalue weighted by Gasteiger charge is -2.14. The second kappa shape index (κ2) is 8.37. The second-order valence-electron chi connectivity index (χ2n) is 5.51. The van der Waals surface area contributed by atoms with Crippen LogP contribution in [0, 0.1) is 0 Å². The first-order valence-electron chi connectivity index (χ1n) is 7.92. The fourth-order valence-electron chi connectivity index (χ4n) is 2.73. The minimum absolute atomic E-state index is 0.135. The van der Waals surface area contributed by atoms with E-state index in [0.717, 1.165) is 18.4 Å². The highest BCUT2D eigenvalue weighted by atomic mass is 16.5. The number of benzene rings is 2. The Labute approximate surface area is 147 Å². The Morgan fingerprint density at radius 2 is 1.32 bits per heavy atom. The minimum atomic E-state index is -0.229. The van der Waals surface area contributed by atoms with Gasteiger partial charge in [-0.25, -0.2) is 0 Å². The molecular formula is C19H24O6. The minimum Gasteiger partial charge on any atom is -0.504 e. The van der Waals surface area contributed by atoms with E-state index < -0.39 is 0 Å². The van der Waals surface area contributed by atoms with E-state index in [0.29, 0.717) is 29.2 Å². The summed E-state index contributed by atoms with van der Waals surface area (Å²) in [5.41, 5.74) is 1.71. The first-order chi connectivity index (χ1) is 12.0. The Kier molecular flexibility index (Phi) is 6.22. The summed E-state index contributed by atoms with van der Waals surface area (Å²) in [5.74, 6) is 1.68. The van der Waals surface area contributed by atoms with E-state index in [1.54, 1.807) is 33.5 Å². The number of ether oxygens (including phenoxy) is 4. The fraction of sp³-hybridized carbons (Fsp3) is 0.368. The fourth-order valence-corrected chi connectivity index (χ4v) is 2.73. The molecule has 0 aromatic heterocycles. The third-order valence-corrected chi connectivity index (χ3v) is 4.05. The molecule has 2 N–H and O–H groups in total. The molecule has 0 saturated heterocycles. The monoisotopic (exact) mass is 348 g/mol. The molecule has 2 aromatic carbocycles. The van der Waals surface area contributed by atoms with E-state index >= 15 is 0 Å². The van der Waals surface area contributed by atoms with Crippen molar-refractivity contribution in [2.45, 2.75) is 19.3 Å². The van der Waals surface area contributed by atoms with Gasteiger partial charge < -0.3 is 29.2 Å². The molecule has 0 amide bonds. The van der Waals surface area contributed by atoms with Gasteiger partial charge >= 0.3 is 0 Å². The van der Waals surface area contributed by atoms with Gasteiger partial charge in [0.25, 0.3) is 0 Å². The Balaban J connectivity index is 2.11. The van der Waals surface area contributed by atoms with Gasteiger partial charge in [-0.15, -0.1) is 0 Å². The molecule has 0 radical (unpaired) electrons. The molecule has 0 heterocycles. The highest BCUT2D eigenvalue weighted by Gasteiger charge is 2.14. The van der Waals surface area contributed by atoms with E-state index in [2.05, 4.69) is 0 Å². The average Bonchev–Trinajstić information content (AvgIpc) is 2.64. The lowest BCUT2D eigenvalue weighted by Crippen LogP contribution is -1.98. The second-order valence-corrected chi connectivity index (χ2v) is 5.51. The van der Waals surface area contributed by atoms with Gasteiger partial charge in [-0.05, 0) is 48.6 Å².